The molecule has 2 aliphatic rings. The number of aromatic nitrogens is 2. The minimum Gasteiger partial charge on any atom is -0.334 e. The van der Waals surface area contributed by atoms with Gasteiger partial charge in [0.05, 0.1) is 6.54 Å². The molecule has 4 nitrogen and oxygen atoms in total. The zero-order valence-corrected chi connectivity index (χ0v) is 11.3. The summed E-state index contributed by atoms with van der Waals surface area (Å²) < 4.78 is 2.22. The number of imidazole rings is 1. The van der Waals surface area contributed by atoms with Gasteiger partial charge in [-0.1, -0.05) is 0 Å². The molecular formula is C14H24N4. The van der Waals surface area contributed by atoms with Gasteiger partial charge in [0.25, 0.3) is 0 Å². The maximum absolute atomic E-state index is 4.43. The lowest BCUT2D eigenvalue weighted by molar-refractivity contribution is 0.166. The Kier molecular flexibility index (Phi) is 3.66. The Morgan fingerprint density at radius 1 is 1.39 bits per heavy atom. The summed E-state index contributed by atoms with van der Waals surface area (Å²) in [5, 5.41) is 3.70. The topological polar surface area (TPSA) is 33.1 Å². The van der Waals surface area contributed by atoms with E-state index in [1.807, 2.05) is 6.20 Å². The molecule has 3 heterocycles. The minimum absolute atomic E-state index is 0.686. The smallest absolute Gasteiger partial charge is 0.122 e. The first kappa shape index (κ1) is 12.2. The summed E-state index contributed by atoms with van der Waals surface area (Å²) in [4.78, 5) is 7.10. The predicted octanol–water partition coefficient (Wildman–Crippen LogP) is 1.62. The SMILES string of the molecule is CCn1ccnc1CNC1CCN2CCCC2C1. The van der Waals surface area contributed by atoms with Crippen molar-refractivity contribution in [2.45, 2.75) is 57.8 Å². The molecule has 1 aromatic rings. The summed E-state index contributed by atoms with van der Waals surface area (Å²) in [5.41, 5.74) is 0. The highest BCUT2D eigenvalue weighted by molar-refractivity contribution is 4.94. The van der Waals surface area contributed by atoms with E-state index in [9.17, 15) is 0 Å². The molecule has 0 amide bonds. The normalized spacial score (nSPS) is 28.5. The largest absolute Gasteiger partial charge is 0.334 e. The number of rotatable bonds is 4. The first-order chi connectivity index (χ1) is 8.86. The van der Waals surface area contributed by atoms with Crippen LogP contribution in [0.25, 0.3) is 0 Å². The third-order valence-electron chi connectivity index (χ3n) is 4.51. The summed E-state index contributed by atoms with van der Waals surface area (Å²) in [6.45, 7) is 6.71. The van der Waals surface area contributed by atoms with E-state index in [1.165, 1.54) is 44.6 Å². The van der Waals surface area contributed by atoms with E-state index in [4.69, 9.17) is 0 Å². The van der Waals surface area contributed by atoms with Crippen LogP contribution < -0.4 is 5.32 Å². The molecule has 0 radical (unpaired) electrons. The molecule has 18 heavy (non-hydrogen) atoms. The van der Waals surface area contributed by atoms with Crippen LogP contribution in [0.2, 0.25) is 0 Å². The average molecular weight is 248 g/mol. The van der Waals surface area contributed by atoms with Gasteiger partial charge in [-0.2, -0.15) is 0 Å². The van der Waals surface area contributed by atoms with E-state index in [1.54, 1.807) is 0 Å². The summed E-state index contributed by atoms with van der Waals surface area (Å²) >= 11 is 0. The molecule has 3 rings (SSSR count). The van der Waals surface area contributed by atoms with Gasteiger partial charge in [-0.05, 0) is 45.7 Å². The number of piperidine rings is 1. The lowest BCUT2D eigenvalue weighted by Crippen LogP contribution is -2.45. The summed E-state index contributed by atoms with van der Waals surface area (Å²) in [6.07, 6.45) is 9.40. The lowest BCUT2D eigenvalue weighted by Gasteiger charge is -2.35. The number of hydrogen-bond acceptors (Lipinski definition) is 3. The van der Waals surface area contributed by atoms with Crippen LogP contribution in [0, 0.1) is 0 Å². The quantitative estimate of drug-likeness (QED) is 0.879. The average Bonchev–Trinajstić information content (AvgIpc) is 3.04. The van der Waals surface area contributed by atoms with Crippen LogP contribution >= 0.6 is 0 Å². The third kappa shape index (κ3) is 2.45. The van der Waals surface area contributed by atoms with Crippen LogP contribution in [0.4, 0.5) is 0 Å². The molecule has 2 atom stereocenters. The number of hydrogen-bond donors (Lipinski definition) is 1. The first-order valence-electron chi connectivity index (χ1n) is 7.34. The van der Waals surface area contributed by atoms with E-state index in [-0.39, 0.29) is 0 Å². The van der Waals surface area contributed by atoms with Crippen LogP contribution in [0.1, 0.15) is 38.4 Å². The van der Waals surface area contributed by atoms with E-state index >= 15 is 0 Å². The van der Waals surface area contributed by atoms with Gasteiger partial charge in [0.2, 0.25) is 0 Å². The molecule has 4 heteroatoms. The van der Waals surface area contributed by atoms with Gasteiger partial charge in [-0.3, -0.25) is 0 Å². The van der Waals surface area contributed by atoms with Crippen LogP contribution in [-0.2, 0) is 13.1 Å². The Hall–Kier alpha value is -0.870. The van der Waals surface area contributed by atoms with E-state index in [0.717, 1.165) is 19.1 Å². The van der Waals surface area contributed by atoms with Crippen molar-refractivity contribution in [2.24, 2.45) is 0 Å². The van der Waals surface area contributed by atoms with E-state index in [2.05, 4.69) is 32.9 Å². The number of fused-ring (bicyclic) bond motifs is 1. The minimum atomic E-state index is 0.686. The third-order valence-corrected chi connectivity index (χ3v) is 4.51. The molecule has 100 valence electrons. The van der Waals surface area contributed by atoms with Crippen molar-refractivity contribution in [1.82, 2.24) is 19.8 Å². The molecule has 0 bridgehead atoms. The molecule has 0 spiro atoms. The molecule has 2 unspecified atom stereocenters. The molecule has 2 aliphatic heterocycles. The van der Waals surface area contributed by atoms with Gasteiger partial charge < -0.3 is 14.8 Å². The van der Waals surface area contributed by atoms with Gasteiger partial charge in [0.15, 0.2) is 0 Å². The second-order valence-corrected chi connectivity index (χ2v) is 5.56. The van der Waals surface area contributed by atoms with Crippen molar-refractivity contribution in [1.29, 1.82) is 0 Å². The lowest BCUT2D eigenvalue weighted by atomic mass is 9.97. The Bertz CT molecular complexity index is 387. The van der Waals surface area contributed by atoms with Gasteiger partial charge in [0, 0.05) is 31.0 Å². The Labute approximate surface area is 109 Å². The highest BCUT2D eigenvalue weighted by Gasteiger charge is 2.31. The summed E-state index contributed by atoms with van der Waals surface area (Å²) in [6, 6.07) is 1.54. The van der Waals surface area contributed by atoms with Crippen molar-refractivity contribution < 1.29 is 0 Å². The van der Waals surface area contributed by atoms with Crippen molar-refractivity contribution in [2.75, 3.05) is 13.1 Å². The maximum atomic E-state index is 4.43. The Morgan fingerprint density at radius 2 is 2.33 bits per heavy atom. The fourth-order valence-electron chi connectivity index (χ4n) is 3.44. The highest BCUT2D eigenvalue weighted by Crippen LogP contribution is 2.26. The van der Waals surface area contributed by atoms with Crippen LogP contribution in [0.15, 0.2) is 12.4 Å². The Balaban J connectivity index is 1.51. The summed E-state index contributed by atoms with van der Waals surface area (Å²) in [5.74, 6) is 1.17. The fraction of sp³-hybridized carbons (Fsp3) is 0.786. The van der Waals surface area contributed by atoms with Crippen LogP contribution in [0.5, 0.6) is 0 Å². The molecule has 0 aromatic carbocycles. The first-order valence-corrected chi connectivity index (χ1v) is 7.34. The fourth-order valence-corrected chi connectivity index (χ4v) is 3.44. The molecule has 1 aromatic heterocycles. The molecule has 0 saturated carbocycles. The molecule has 2 fully saturated rings. The van der Waals surface area contributed by atoms with E-state index < -0.39 is 0 Å². The molecule has 0 aliphatic carbocycles. The standard InChI is InChI=1S/C14H24N4/c1-2-17-9-6-15-14(17)11-16-12-5-8-18-7-3-4-13(18)10-12/h6,9,12-13,16H,2-5,7-8,10-11H2,1H3. The van der Waals surface area contributed by atoms with Crippen molar-refractivity contribution in [3.63, 3.8) is 0 Å². The molecule has 2 saturated heterocycles. The van der Waals surface area contributed by atoms with Gasteiger partial charge >= 0.3 is 0 Å². The van der Waals surface area contributed by atoms with Gasteiger partial charge in [-0.15, -0.1) is 0 Å². The second-order valence-electron chi connectivity index (χ2n) is 5.56. The number of aryl methyl sites for hydroxylation is 1. The van der Waals surface area contributed by atoms with Crippen molar-refractivity contribution in [3.8, 4) is 0 Å². The zero-order chi connectivity index (χ0) is 12.4. The van der Waals surface area contributed by atoms with Crippen molar-refractivity contribution >= 4 is 0 Å². The highest BCUT2D eigenvalue weighted by atomic mass is 15.2. The van der Waals surface area contributed by atoms with Crippen LogP contribution in [-0.4, -0.2) is 39.6 Å². The van der Waals surface area contributed by atoms with Gasteiger partial charge in [-0.25, -0.2) is 4.98 Å². The predicted molar refractivity (Wildman–Crippen MR) is 72.4 cm³/mol. The number of nitrogens with one attached hydrogen (secondary N) is 1. The van der Waals surface area contributed by atoms with E-state index in [0.29, 0.717) is 6.04 Å². The molecular weight excluding hydrogens is 224 g/mol. The van der Waals surface area contributed by atoms with Crippen molar-refractivity contribution in [3.05, 3.63) is 18.2 Å². The monoisotopic (exact) mass is 248 g/mol. The van der Waals surface area contributed by atoms with Crippen LogP contribution in [0.3, 0.4) is 0 Å². The summed E-state index contributed by atoms with van der Waals surface area (Å²) in [7, 11) is 0. The number of nitrogens with zero attached hydrogens (tertiary/aromatic N) is 3. The Morgan fingerprint density at radius 3 is 3.22 bits per heavy atom. The molecule has 1 N–H and O–H groups in total. The maximum Gasteiger partial charge on any atom is 0.122 e. The van der Waals surface area contributed by atoms with Gasteiger partial charge in [0.1, 0.15) is 5.82 Å². The second kappa shape index (κ2) is 5.41. The zero-order valence-electron chi connectivity index (χ0n) is 11.3.